The van der Waals surface area contributed by atoms with Gasteiger partial charge < -0.3 is 9.72 Å². The van der Waals surface area contributed by atoms with Crippen molar-refractivity contribution < 1.29 is 13.9 Å². The molecule has 0 spiro atoms. The lowest BCUT2D eigenvalue weighted by atomic mass is 10.2. The van der Waals surface area contributed by atoms with Crippen LogP contribution in [0.1, 0.15) is 10.5 Å². The normalized spacial score (nSPS) is 10.4. The first-order valence-corrected chi connectivity index (χ1v) is 4.07. The number of hydrogen-bond donors (Lipinski definition) is 1. The van der Waals surface area contributed by atoms with Crippen LogP contribution in [-0.4, -0.2) is 18.1 Å². The number of halogens is 1. The second kappa shape index (κ2) is 3.14. The Kier molecular flexibility index (Phi) is 1.96. The molecule has 2 rings (SSSR count). The van der Waals surface area contributed by atoms with Gasteiger partial charge in [0.25, 0.3) is 0 Å². The highest BCUT2D eigenvalue weighted by Gasteiger charge is 2.11. The van der Waals surface area contributed by atoms with Crippen molar-refractivity contribution in [3.63, 3.8) is 0 Å². The van der Waals surface area contributed by atoms with Gasteiger partial charge in [0.2, 0.25) is 0 Å². The standard InChI is InChI=1S/C10H8FNO2/c1-14-10(13)9-8-3-2-7(11)4-6(8)5-12-9/h2-5,12H,1H3. The summed E-state index contributed by atoms with van der Waals surface area (Å²) in [5.74, 6) is -0.778. The number of carbonyl (C=O) groups excluding carboxylic acids is 1. The predicted octanol–water partition coefficient (Wildman–Crippen LogP) is 2.09. The molecule has 0 saturated heterocycles. The van der Waals surface area contributed by atoms with Crippen LogP contribution in [0, 0.1) is 5.82 Å². The number of methoxy groups -OCH3 is 1. The molecule has 0 unspecified atom stereocenters. The van der Waals surface area contributed by atoms with Gasteiger partial charge in [0.05, 0.1) is 7.11 Å². The van der Waals surface area contributed by atoms with Crippen LogP contribution < -0.4 is 0 Å². The molecule has 1 heterocycles. The largest absolute Gasteiger partial charge is 0.464 e. The lowest BCUT2D eigenvalue weighted by Crippen LogP contribution is -2.01. The molecule has 72 valence electrons. The zero-order valence-electron chi connectivity index (χ0n) is 7.50. The minimum absolute atomic E-state index is 0.326. The molecule has 1 aromatic carbocycles. The Labute approximate surface area is 79.5 Å². The Hall–Kier alpha value is -1.84. The molecule has 0 bridgehead atoms. The molecule has 0 aliphatic carbocycles. The van der Waals surface area contributed by atoms with E-state index >= 15 is 0 Å². The van der Waals surface area contributed by atoms with Gasteiger partial charge in [-0.1, -0.05) is 0 Å². The Bertz CT molecular complexity index is 490. The highest BCUT2D eigenvalue weighted by Crippen LogP contribution is 2.19. The van der Waals surface area contributed by atoms with Gasteiger partial charge in [0.1, 0.15) is 11.5 Å². The number of nitrogens with one attached hydrogen (secondary N) is 1. The van der Waals surface area contributed by atoms with E-state index in [1.54, 1.807) is 12.3 Å². The summed E-state index contributed by atoms with van der Waals surface area (Å²) in [4.78, 5) is 14.0. The van der Waals surface area contributed by atoms with Gasteiger partial charge in [0.15, 0.2) is 0 Å². The van der Waals surface area contributed by atoms with E-state index in [1.165, 1.54) is 19.2 Å². The van der Waals surface area contributed by atoms with Gasteiger partial charge in [-0.25, -0.2) is 9.18 Å². The van der Waals surface area contributed by atoms with Crippen LogP contribution in [0.2, 0.25) is 0 Å². The smallest absolute Gasteiger partial charge is 0.355 e. The molecule has 1 N–H and O–H groups in total. The van der Waals surface area contributed by atoms with Gasteiger partial charge >= 0.3 is 5.97 Å². The topological polar surface area (TPSA) is 42.1 Å². The first-order valence-electron chi connectivity index (χ1n) is 4.07. The molecule has 3 nitrogen and oxygen atoms in total. The SMILES string of the molecule is COC(=O)c1[nH]cc2cc(F)ccc12. The Morgan fingerprint density at radius 1 is 1.50 bits per heavy atom. The number of fused-ring (bicyclic) bond motifs is 1. The summed E-state index contributed by atoms with van der Waals surface area (Å²) in [5.41, 5.74) is 0.350. The van der Waals surface area contributed by atoms with Crippen LogP contribution in [0.5, 0.6) is 0 Å². The van der Waals surface area contributed by atoms with E-state index in [4.69, 9.17) is 0 Å². The van der Waals surface area contributed by atoms with Crippen LogP contribution in [0.25, 0.3) is 10.8 Å². The molecule has 2 aromatic rings. The molecule has 0 radical (unpaired) electrons. The van der Waals surface area contributed by atoms with Gasteiger partial charge in [-0.3, -0.25) is 0 Å². The first kappa shape index (κ1) is 8.74. The number of ether oxygens (including phenoxy) is 1. The number of carbonyl (C=O) groups is 1. The number of benzene rings is 1. The second-order valence-electron chi connectivity index (χ2n) is 2.89. The molecular weight excluding hydrogens is 185 g/mol. The maximum Gasteiger partial charge on any atom is 0.355 e. The molecule has 14 heavy (non-hydrogen) atoms. The number of hydrogen-bond acceptors (Lipinski definition) is 2. The van der Waals surface area contributed by atoms with E-state index in [0.717, 1.165) is 0 Å². The summed E-state index contributed by atoms with van der Waals surface area (Å²) in [6.45, 7) is 0. The van der Waals surface area contributed by atoms with Crippen LogP contribution in [0.15, 0.2) is 24.4 Å². The average Bonchev–Trinajstić information content (AvgIpc) is 2.59. The average molecular weight is 193 g/mol. The molecule has 0 fully saturated rings. The van der Waals surface area contributed by atoms with Gasteiger partial charge in [-0.15, -0.1) is 0 Å². The third-order valence-corrected chi connectivity index (χ3v) is 2.04. The van der Waals surface area contributed by atoms with E-state index < -0.39 is 5.97 Å². The van der Waals surface area contributed by atoms with E-state index in [2.05, 4.69) is 9.72 Å². The summed E-state index contributed by atoms with van der Waals surface area (Å²) in [6.07, 6.45) is 1.57. The van der Waals surface area contributed by atoms with Crippen LogP contribution in [-0.2, 0) is 4.74 Å². The highest BCUT2D eigenvalue weighted by molar-refractivity contribution is 6.03. The van der Waals surface area contributed by atoms with Crippen molar-refractivity contribution in [2.24, 2.45) is 0 Å². The third kappa shape index (κ3) is 1.25. The van der Waals surface area contributed by atoms with Crippen molar-refractivity contribution in [3.05, 3.63) is 35.9 Å². The Morgan fingerprint density at radius 3 is 3.00 bits per heavy atom. The number of H-pyrrole nitrogens is 1. The summed E-state index contributed by atoms with van der Waals surface area (Å²) in [7, 11) is 1.30. The second-order valence-corrected chi connectivity index (χ2v) is 2.89. The van der Waals surface area contributed by atoms with Gasteiger partial charge in [-0.2, -0.15) is 0 Å². The Morgan fingerprint density at radius 2 is 2.29 bits per heavy atom. The van der Waals surface area contributed by atoms with Crippen LogP contribution >= 0.6 is 0 Å². The molecule has 0 amide bonds. The highest BCUT2D eigenvalue weighted by atomic mass is 19.1. The van der Waals surface area contributed by atoms with Crippen molar-refractivity contribution in [3.8, 4) is 0 Å². The predicted molar refractivity (Wildman–Crippen MR) is 49.6 cm³/mol. The fourth-order valence-corrected chi connectivity index (χ4v) is 1.38. The maximum absolute atomic E-state index is 12.8. The van der Waals surface area contributed by atoms with E-state index in [9.17, 15) is 9.18 Å². The van der Waals surface area contributed by atoms with Crippen LogP contribution in [0.4, 0.5) is 4.39 Å². The molecular formula is C10H8FNO2. The monoisotopic (exact) mass is 193 g/mol. The fourth-order valence-electron chi connectivity index (χ4n) is 1.38. The number of rotatable bonds is 1. The molecule has 0 aliphatic rings. The van der Waals surface area contributed by atoms with Crippen LogP contribution in [0.3, 0.4) is 0 Å². The minimum Gasteiger partial charge on any atom is -0.464 e. The number of aromatic amines is 1. The van der Waals surface area contributed by atoms with Gasteiger partial charge in [-0.05, 0) is 18.2 Å². The minimum atomic E-state index is -0.452. The Balaban J connectivity index is 2.64. The zero-order chi connectivity index (χ0) is 10.1. The molecule has 4 heteroatoms. The third-order valence-electron chi connectivity index (χ3n) is 2.04. The van der Waals surface area contributed by atoms with Gasteiger partial charge in [0, 0.05) is 17.0 Å². The summed E-state index contributed by atoms with van der Waals surface area (Å²) >= 11 is 0. The number of esters is 1. The molecule has 0 saturated carbocycles. The van der Waals surface area contributed by atoms with E-state index in [1.807, 2.05) is 0 Å². The lowest BCUT2D eigenvalue weighted by molar-refractivity contribution is 0.0597. The zero-order valence-corrected chi connectivity index (χ0v) is 7.50. The molecule has 0 atom stereocenters. The first-order chi connectivity index (χ1) is 6.72. The van der Waals surface area contributed by atoms with Crippen molar-refractivity contribution in [1.82, 2.24) is 4.98 Å². The summed E-state index contributed by atoms with van der Waals surface area (Å²) in [5, 5.41) is 1.32. The lowest BCUT2D eigenvalue weighted by Gasteiger charge is -1.96. The molecule has 0 aliphatic heterocycles. The van der Waals surface area contributed by atoms with Crippen molar-refractivity contribution in [2.45, 2.75) is 0 Å². The number of aromatic nitrogens is 1. The van der Waals surface area contributed by atoms with Crippen molar-refractivity contribution in [1.29, 1.82) is 0 Å². The van der Waals surface area contributed by atoms with Crippen molar-refractivity contribution >= 4 is 16.7 Å². The van der Waals surface area contributed by atoms with E-state index in [-0.39, 0.29) is 5.82 Å². The van der Waals surface area contributed by atoms with Crippen molar-refractivity contribution in [2.75, 3.05) is 7.11 Å². The quantitative estimate of drug-likeness (QED) is 0.704. The summed E-state index contributed by atoms with van der Waals surface area (Å²) in [6, 6.07) is 4.22. The maximum atomic E-state index is 12.8. The molecule has 1 aromatic heterocycles. The summed E-state index contributed by atoms with van der Waals surface area (Å²) < 4.78 is 17.4. The fraction of sp³-hybridized carbons (Fsp3) is 0.100. The van der Waals surface area contributed by atoms with E-state index in [0.29, 0.717) is 16.5 Å².